The molecule has 3 heteroatoms. The van der Waals surface area contributed by atoms with Gasteiger partial charge >= 0.3 is 0 Å². The molecule has 0 aromatic rings. The van der Waals surface area contributed by atoms with Crippen molar-refractivity contribution in [2.24, 2.45) is 5.92 Å². The number of aliphatic hydroxyl groups excluding tert-OH is 2. The zero-order valence-corrected chi connectivity index (χ0v) is 6.83. The van der Waals surface area contributed by atoms with Gasteiger partial charge in [0.25, 0.3) is 0 Å². The van der Waals surface area contributed by atoms with Crippen molar-refractivity contribution >= 4 is 0 Å². The van der Waals surface area contributed by atoms with Crippen LogP contribution in [0, 0.1) is 5.92 Å². The lowest BCUT2D eigenvalue weighted by Crippen LogP contribution is -2.37. The monoisotopic (exact) mass is 147 g/mol. The van der Waals surface area contributed by atoms with Crippen molar-refractivity contribution in [3.05, 3.63) is 0 Å². The highest BCUT2D eigenvalue weighted by molar-refractivity contribution is 4.59. The van der Waals surface area contributed by atoms with Gasteiger partial charge in [0.05, 0.1) is 6.10 Å². The first-order valence-corrected chi connectivity index (χ1v) is 3.63. The van der Waals surface area contributed by atoms with Crippen molar-refractivity contribution in [1.82, 2.24) is 5.32 Å². The van der Waals surface area contributed by atoms with Crippen LogP contribution in [0.2, 0.25) is 0 Å². The Morgan fingerprint density at radius 2 is 1.70 bits per heavy atom. The van der Waals surface area contributed by atoms with Crippen molar-refractivity contribution < 1.29 is 10.2 Å². The zero-order chi connectivity index (χ0) is 8.15. The normalized spacial score (nSPS) is 17.4. The first kappa shape index (κ1) is 9.88. The van der Waals surface area contributed by atoms with Gasteiger partial charge in [0.1, 0.15) is 6.23 Å². The molecule has 0 aliphatic carbocycles. The van der Waals surface area contributed by atoms with E-state index in [4.69, 9.17) is 10.2 Å². The van der Waals surface area contributed by atoms with E-state index < -0.39 is 12.3 Å². The molecular formula is C7H17NO2. The summed E-state index contributed by atoms with van der Waals surface area (Å²) in [6.45, 7) is 5.96. The van der Waals surface area contributed by atoms with Gasteiger partial charge in [0, 0.05) is 6.54 Å². The Kier molecular flexibility index (Phi) is 4.60. The van der Waals surface area contributed by atoms with Crippen LogP contribution in [0.15, 0.2) is 0 Å². The highest BCUT2D eigenvalue weighted by Gasteiger charge is 2.07. The molecule has 0 aromatic carbocycles. The summed E-state index contributed by atoms with van der Waals surface area (Å²) in [4.78, 5) is 0. The highest BCUT2D eigenvalue weighted by atomic mass is 16.3. The summed E-state index contributed by atoms with van der Waals surface area (Å²) in [5.74, 6) is 0.193. The lowest BCUT2D eigenvalue weighted by Gasteiger charge is -2.16. The molecule has 2 unspecified atom stereocenters. The molecule has 0 spiro atoms. The third-order valence-corrected chi connectivity index (χ3v) is 1.25. The van der Waals surface area contributed by atoms with Gasteiger partial charge in [-0.25, -0.2) is 0 Å². The molecule has 62 valence electrons. The van der Waals surface area contributed by atoms with Gasteiger partial charge in [0.2, 0.25) is 0 Å². The molecule has 0 saturated carbocycles. The summed E-state index contributed by atoms with van der Waals surface area (Å²) in [7, 11) is 0. The first-order chi connectivity index (χ1) is 4.54. The van der Waals surface area contributed by atoms with E-state index >= 15 is 0 Å². The zero-order valence-electron chi connectivity index (χ0n) is 6.83. The van der Waals surface area contributed by atoms with E-state index in [1.165, 1.54) is 0 Å². The fourth-order valence-electron chi connectivity index (χ4n) is 0.527. The predicted molar refractivity (Wildman–Crippen MR) is 40.5 cm³/mol. The fourth-order valence-corrected chi connectivity index (χ4v) is 0.527. The standard InChI is InChI=1S/C7H17NO2/c1-5(2)7(10)8-4-6(3)9/h5-10H,4H2,1-3H3. The highest BCUT2D eigenvalue weighted by Crippen LogP contribution is 1.96. The smallest absolute Gasteiger partial charge is 0.107 e. The van der Waals surface area contributed by atoms with Crippen molar-refractivity contribution in [2.75, 3.05) is 6.54 Å². The van der Waals surface area contributed by atoms with Gasteiger partial charge in [-0.1, -0.05) is 13.8 Å². The van der Waals surface area contributed by atoms with Crippen LogP contribution >= 0.6 is 0 Å². The van der Waals surface area contributed by atoms with Crippen LogP contribution in [0.1, 0.15) is 20.8 Å². The van der Waals surface area contributed by atoms with E-state index in [2.05, 4.69) is 5.32 Å². The second-order valence-corrected chi connectivity index (χ2v) is 2.95. The van der Waals surface area contributed by atoms with Gasteiger partial charge in [-0.15, -0.1) is 0 Å². The van der Waals surface area contributed by atoms with Crippen molar-refractivity contribution in [3.8, 4) is 0 Å². The molecule has 0 saturated heterocycles. The second-order valence-electron chi connectivity index (χ2n) is 2.95. The number of hydrogen-bond acceptors (Lipinski definition) is 3. The van der Waals surface area contributed by atoms with E-state index in [9.17, 15) is 0 Å². The van der Waals surface area contributed by atoms with Crippen LogP contribution in [0.3, 0.4) is 0 Å². The molecule has 0 aliphatic rings. The lowest BCUT2D eigenvalue weighted by atomic mass is 10.2. The number of rotatable bonds is 4. The Labute approximate surface area is 62.1 Å². The maximum atomic E-state index is 9.15. The molecule has 3 nitrogen and oxygen atoms in total. The first-order valence-electron chi connectivity index (χ1n) is 3.63. The van der Waals surface area contributed by atoms with Crippen LogP contribution in [-0.4, -0.2) is 29.1 Å². The quantitative estimate of drug-likeness (QED) is 0.488. The maximum Gasteiger partial charge on any atom is 0.107 e. The van der Waals surface area contributed by atoms with E-state index in [0.29, 0.717) is 6.54 Å². The summed E-state index contributed by atoms with van der Waals surface area (Å²) in [5, 5.41) is 20.7. The van der Waals surface area contributed by atoms with E-state index in [1.54, 1.807) is 6.92 Å². The Bertz CT molecular complexity index is 83.7. The largest absolute Gasteiger partial charge is 0.392 e. The molecule has 10 heavy (non-hydrogen) atoms. The van der Waals surface area contributed by atoms with Gasteiger partial charge in [0.15, 0.2) is 0 Å². The molecule has 0 amide bonds. The number of hydrogen-bond donors (Lipinski definition) is 3. The summed E-state index contributed by atoms with van der Waals surface area (Å²) in [6, 6.07) is 0. The van der Waals surface area contributed by atoms with Gasteiger partial charge in [-0.3, -0.25) is 5.32 Å². The minimum atomic E-state index is -0.505. The molecule has 2 atom stereocenters. The van der Waals surface area contributed by atoms with Crippen LogP contribution in [0.4, 0.5) is 0 Å². The Morgan fingerprint density at radius 1 is 1.20 bits per heavy atom. The van der Waals surface area contributed by atoms with Crippen LogP contribution in [0.5, 0.6) is 0 Å². The van der Waals surface area contributed by atoms with E-state index in [0.717, 1.165) is 0 Å². The maximum absolute atomic E-state index is 9.15. The molecule has 0 fully saturated rings. The van der Waals surface area contributed by atoms with Crippen LogP contribution in [0.25, 0.3) is 0 Å². The lowest BCUT2D eigenvalue weighted by molar-refractivity contribution is 0.0726. The third kappa shape index (κ3) is 4.73. The molecule has 3 N–H and O–H groups in total. The molecule has 0 radical (unpaired) electrons. The minimum Gasteiger partial charge on any atom is -0.392 e. The molecule has 0 rings (SSSR count). The molecule has 0 heterocycles. The van der Waals surface area contributed by atoms with Crippen LogP contribution in [-0.2, 0) is 0 Å². The summed E-state index contributed by atoms with van der Waals surface area (Å²) in [5.41, 5.74) is 0. The summed E-state index contributed by atoms with van der Waals surface area (Å²) >= 11 is 0. The Morgan fingerprint density at radius 3 is 2.00 bits per heavy atom. The van der Waals surface area contributed by atoms with Gasteiger partial charge in [-0.05, 0) is 12.8 Å². The van der Waals surface area contributed by atoms with Crippen molar-refractivity contribution in [3.63, 3.8) is 0 Å². The van der Waals surface area contributed by atoms with Gasteiger partial charge in [-0.2, -0.15) is 0 Å². The Hall–Kier alpha value is -0.120. The minimum absolute atomic E-state index is 0.193. The predicted octanol–water partition coefficient (Wildman–Crippen LogP) is -0.0688. The van der Waals surface area contributed by atoms with E-state index in [1.807, 2.05) is 13.8 Å². The average Bonchev–Trinajstić information content (AvgIpc) is 1.82. The Balaban J connectivity index is 3.30. The number of nitrogens with one attached hydrogen (secondary N) is 1. The summed E-state index contributed by atoms with van der Waals surface area (Å²) in [6.07, 6.45) is -0.900. The molecule has 0 aromatic heterocycles. The third-order valence-electron chi connectivity index (χ3n) is 1.25. The van der Waals surface area contributed by atoms with Crippen molar-refractivity contribution in [1.29, 1.82) is 0 Å². The topological polar surface area (TPSA) is 52.5 Å². The molecule has 0 aliphatic heterocycles. The average molecular weight is 147 g/mol. The van der Waals surface area contributed by atoms with Crippen molar-refractivity contribution in [2.45, 2.75) is 33.1 Å². The van der Waals surface area contributed by atoms with E-state index in [-0.39, 0.29) is 5.92 Å². The van der Waals surface area contributed by atoms with Gasteiger partial charge < -0.3 is 10.2 Å². The SMILES string of the molecule is CC(O)CNC(O)C(C)C. The fraction of sp³-hybridized carbons (Fsp3) is 1.00. The summed E-state index contributed by atoms with van der Waals surface area (Å²) < 4.78 is 0. The molecular weight excluding hydrogens is 130 g/mol. The molecule has 0 bridgehead atoms. The van der Waals surface area contributed by atoms with Crippen LogP contribution < -0.4 is 5.32 Å². The number of aliphatic hydroxyl groups is 2. The second kappa shape index (κ2) is 4.66.